The summed E-state index contributed by atoms with van der Waals surface area (Å²) in [5.41, 5.74) is 0.959. The number of morpholine rings is 1. The average Bonchev–Trinajstić information content (AvgIpc) is 2.68. The van der Waals surface area contributed by atoms with Gasteiger partial charge in [0, 0.05) is 44.8 Å². The predicted molar refractivity (Wildman–Crippen MR) is 94.3 cm³/mol. The Morgan fingerprint density at radius 1 is 1.08 bits per heavy atom. The van der Waals surface area contributed by atoms with Crippen molar-refractivity contribution >= 4 is 22.3 Å². The van der Waals surface area contributed by atoms with Crippen molar-refractivity contribution in [2.24, 2.45) is 0 Å². The van der Waals surface area contributed by atoms with Gasteiger partial charge in [-0.15, -0.1) is 0 Å². The minimum Gasteiger partial charge on any atom is -0.379 e. The normalized spacial score (nSPS) is 19.4. The highest BCUT2D eigenvalue weighted by Crippen LogP contribution is 2.23. The van der Waals surface area contributed by atoms with Gasteiger partial charge in [0.2, 0.25) is 16.4 Å². The van der Waals surface area contributed by atoms with E-state index in [1.54, 1.807) is 28.9 Å². The molecule has 9 heteroatoms. The minimum absolute atomic E-state index is 0.164. The zero-order valence-electron chi connectivity index (χ0n) is 14.8. The Hall–Kier alpha value is -1.97. The largest absolute Gasteiger partial charge is 0.379 e. The molecule has 0 atom stereocenters. The summed E-state index contributed by atoms with van der Waals surface area (Å²) in [6.45, 7) is 4.95. The molecular weight excluding hydrogens is 358 g/mol. The first kappa shape index (κ1) is 18.8. The lowest BCUT2D eigenvalue weighted by atomic mass is 10.1. The summed E-state index contributed by atoms with van der Waals surface area (Å²) in [4.78, 5) is 27.0. The van der Waals surface area contributed by atoms with E-state index in [1.165, 1.54) is 10.4 Å². The number of amides is 2. The van der Waals surface area contributed by atoms with Crippen LogP contribution in [0.25, 0.3) is 0 Å². The van der Waals surface area contributed by atoms with Crippen LogP contribution in [0.15, 0.2) is 23.1 Å². The third-order valence-electron chi connectivity index (χ3n) is 4.77. The second kappa shape index (κ2) is 7.73. The first-order chi connectivity index (χ1) is 12.4. The number of rotatable bonds is 4. The maximum atomic E-state index is 12.9. The molecule has 3 rings (SSSR count). The Balaban J connectivity index is 1.83. The van der Waals surface area contributed by atoms with Crippen molar-refractivity contribution < 1.29 is 22.7 Å². The fourth-order valence-corrected chi connectivity index (χ4v) is 4.81. The van der Waals surface area contributed by atoms with E-state index in [4.69, 9.17) is 4.74 Å². The second-order valence-corrected chi connectivity index (χ2v) is 8.34. The van der Waals surface area contributed by atoms with Gasteiger partial charge in [-0.05, 0) is 24.6 Å². The van der Waals surface area contributed by atoms with E-state index >= 15 is 0 Å². The smallest absolute Gasteiger partial charge is 0.254 e. The van der Waals surface area contributed by atoms with E-state index in [-0.39, 0.29) is 10.8 Å². The molecular formula is C17H23N3O5S. The van der Waals surface area contributed by atoms with Gasteiger partial charge in [0.05, 0.1) is 18.1 Å². The molecule has 0 unspecified atom stereocenters. The molecule has 142 valence electrons. The number of carbonyl (C=O) groups is 2. The molecule has 0 bridgehead atoms. The van der Waals surface area contributed by atoms with Gasteiger partial charge in [-0.25, -0.2) is 8.42 Å². The van der Waals surface area contributed by atoms with E-state index < -0.39 is 10.0 Å². The van der Waals surface area contributed by atoms with Crippen LogP contribution in [0.1, 0.15) is 15.9 Å². The van der Waals surface area contributed by atoms with Crippen LogP contribution in [0.2, 0.25) is 0 Å². The highest BCUT2D eigenvalue weighted by atomic mass is 32.2. The molecule has 1 aromatic rings. The number of carbonyl (C=O) groups excluding carboxylic acids is 2. The molecule has 0 aromatic heterocycles. The summed E-state index contributed by atoms with van der Waals surface area (Å²) in [5, 5.41) is 0. The van der Waals surface area contributed by atoms with E-state index in [9.17, 15) is 18.0 Å². The van der Waals surface area contributed by atoms with Gasteiger partial charge < -0.3 is 14.5 Å². The zero-order valence-corrected chi connectivity index (χ0v) is 15.6. The first-order valence-corrected chi connectivity index (χ1v) is 10.0. The molecule has 2 amide bonds. The molecule has 0 saturated carbocycles. The number of nitrogens with zero attached hydrogens (tertiary/aromatic N) is 3. The van der Waals surface area contributed by atoms with E-state index in [0.717, 1.165) is 6.41 Å². The molecule has 8 nitrogen and oxygen atoms in total. The van der Waals surface area contributed by atoms with Gasteiger partial charge in [-0.2, -0.15) is 4.31 Å². The van der Waals surface area contributed by atoms with Gasteiger partial charge in [-0.1, -0.05) is 6.07 Å². The van der Waals surface area contributed by atoms with Crippen molar-refractivity contribution in [2.45, 2.75) is 11.8 Å². The van der Waals surface area contributed by atoms with E-state index in [0.29, 0.717) is 63.6 Å². The van der Waals surface area contributed by atoms with E-state index in [1.807, 2.05) is 0 Å². The minimum atomic E-state index is -3.66. The van der Waals surface area contributed by atoms with Crippen LogP contribution < -0.4 is 0 Å². The van der Waals surface area contributed by atoms with Crippen molar-refractivity contribution in [3.63, 3.8) is 0 Å². The molecule has 2 saturated heterocycles. The summed E-state index contributed by atoms with van der Waals surface area (Å²) < 4.78 is 32.5. The maximum absolute atomic E-state index is 12.9. The molecule has 0 aliphatic carbocycles. The third kappa shape index (κ3) is 3.74. The Morgan fingerprint density at radius 2 is 1.73 bits per heavy atom. The maximum Gasteiger partial charge on any atom is 0.254 e. The number of piperazine rings is 1. The number of ether oxygens (including phenoxy) is 1. The lowest BCUT2D eigenvalue weighted by molar-refractivity contribution is -0.119. The van der Waals surface area contributed by atoms with Crippen LogP contribution in [0, 0.1) is 6.92 Å². The number of hydrogen-bond acceptors (Lipinski definition) is 5. The molecule has 2 aliphatic rings. The Kier molecular flexibility index (Phi) is 5.59. The Labute approximate surface area is 153 Å². The van der Waals surface area contributed by atoms with Crippen LogP contribution >= 0.6 is 0 Å². The van der Waals surface area contributed by atoms with Gasteiger partial charge in [0.1, 0.15) is 0 Å². The third-order valence-corrected chi connectivity index (χ3v) is 6.81. The highest BCUT2D eigenvalue weighted by Gasteiger charge is 2.29. The summed E-state index contributed by atoms with van der Waals surface area (Å²) in [7, 11) is -3.66. The molecule has 2 fully saturated rings. The summed E-state index contributed by atoms with van der Waals surface area (Å²) in [5.74, 6) is -0.214. The lowest BCUT2D eigenvalue weighted by Gasteiger charge is -2.32. The predicted octanol–water partition coefficient (Wildman–Crippen LogP) is -0.0699. The highest BCUT2D eigenvalue weighted by molar-refractivity contribution is 7.89. The van der Waals surface area contributed by atoms with Crippen molar-refractivity contribution in [3.05, 3.63) is 29.3 Å². The molecule has 0 N–H and O–H groups in total. The van der Waals surface area contributed by atoms with Crippen LogP contribution in [0.4, 0.5) is 0 Å². The summed E-state index contributed by atoms with van der Waals surface area (Å²) in [6.07, 6.45) is 0.778. The fourth-order valence-electron chi connectivity index (χ4n) is 3.15. The Bertz CT molecular complexity index is 782. The number of hydrogen-bond donors (Lipinski definition) is 0. The quantitative estimate of drug-likeness (QED) is 0.682. The average molecular weight is 381 g/mol. The van der Waals surface area contributed by atoms with Gasteiger partial charge in [-0.3, -0.25) is 9.59 Å². The first-order valence-electron chi connectivity index (χ1n) is 8.60. The van der Waals surface area contributed by atoms with Crippen LogP contribution in [-0.4, -0.2) is 87.3 Å². The number of aryl methyl sites for hydroxylation is 1. The topological polar surface area (TPSA) is 87.2 Å². The second-order valence-electron chi connectivity index (χ2n) is 6.43. The van der Waals surface area contributed by atoms with Crippen LogP contribution in [0.5, 0.6) is 0 Å². The van der Waals surface area contributed by atoms with Gasteiger partial charge >= 0.3 is 0 Å². The molecule has 0 spiro atoms. The fraction of sp³-hybridized carbons (Fsp3) is 0.529. The number of sulfonamides is 1. The monoisotopic (exact) mass is 381 g/mol. The standard InChI is InChI=1S/C17H23N3O5S/c1-14-2-3-15(17(22)19-6-4-18(13-21)5-7-19)12-16(14)26(23,24)20-8-10-25-11-9-20/h2-3,12-13H,4-11H2,1H3. The summed E-state index contributed by atoms with van der Waals surface area (Å²) in [6, 6.07) is 4.79. The molecule has 2 heterocycles. The van der Waals surface area contributed by atoms with Gasteiger partial charge in [0.25, 0.3) is 5.91 Å². The van der Waals surface area contributed by atoms with Gasteiger partial charge in [0.15, 0.2) is 0 Å². The van der Waals surface area contributed by atoms with Crippen molar-refractivity contribution in [1.29, 1.82) is 0 Å². The van der Waals surface area contributed by atoms with E-state index in [2.05, 4.69) is 0 Å². The molecule has 0 radical (unpaired) electrons. The van der Waals surface area contributed by atoms with Crippen molar-refractivity contribution in [1.82, 2.24) is 14.1 Å². The zero-order chi connectivity index (χ0) is 18.7. The van der Waals surface area contributed by atoms with Crippen molar-refractivity contribution in [3.8, 4) is 0 Å². The van der Waals surface area contributed by atoms with Crippen LogP contribution in [-0.2, 0) is 19.6 Å². The molecule has 26 heavy (non-hydrogen) atoms. The molecule has 1 aromatic carbocycles. The number of benzene rings is 1. The molecule has 2 aliphatic heterocycles. The summed E-state index contributed by atoms with van der Waals surface area (Å²) >= 11 is 0. The van der Waals surface area contributed by atoms with Crippen molar-refractivity contribution in [2.75, 3.05) is 52.5 Å². The van der Waals surface area contributed by atoms with Crippen LogP contribution in [0.3, 0.4) is 0 Å². The lowest BCUT2D eigenvalue weighted by Crippen LogP contribution is -2.48. The Morgan fingerprint density at radius 3 is 2.35 bits per heavy atom. The SMILES string of the molecule is Cc1ccc(C(=O)N2CCN(C=O)CC2)cc1S(=O)(=O)N1CCOCC1.